The minimum Gasteiger partial charge on any atom is -0.494 e. The van der Waals surface area contributed by atoms with Gasteiger partial charge < -0.3 is 14.8 Å². The Balaban J connectivity index is 1.98. The molecule has 112 valence electrons. The summed E-state index contributed by atoms with van der Waals surface area (Å²) in [5.74, 6) is 2.64. The summed E-state index contributed by atoms with van der Waals surface area (Å²) >= 11 is 0. The molecule has 1 aromatic carbocycles. The molecule has 2 rings (SSSR count). The molecule has 0 amide bonds. The molecule has 3 atom stereocenters. The van der Waals surface area contributed by atoms with Gasteiger partial charge in [-0.1, -0.05) is 13.3 Å². The van der Waals surface area contributed by atoms with Gasteiger partial charge in [-0.3, -0.25) is 0 Å². The summed E-state index contributed by atoms with van der Waals surface area (Å²) in [6.07, 6.45) is 5.19. The van der Waals surface area contributed by atoms with Gasteiger partial charge in [0.05, 0.1) is 6.61 Å². The zero-order valence-electron chi connectivity index (χ0n) is 12.9. The number of nitrogens with one attached hydrogen (secondary N) is 1. The Bertz CT molecular complexity index is 390. The van der Waals surface area contributed by atoms with E-state index in [1.165, 1.54) is 19.3 Å². The minimum atomic E-state index is 0.275. The summed E-state index contributed by atoms with van der Waals surface area (Å²) < 4.78 is 11.7. The van der Waals surface area contributed by atoms with Crippen LogP contribution in [0.3, 0.4) is 0 Å². The monoisotopic (exact) mass is 277 g/mol. The van der Waals surface area contributed by atoms with E-state index in [0.717, 1.165) is 23.8 Å². The number of ether oxygens (including phenoxy) is 2. The fourth-order valence-corrected chi connectivity index (χ4v) is 3.00. The quantitative estimate of drug-likeness (QED) is 0.861. The molecule has 0 aliphatic heterocycles. The molecule has 1 aromatic rings. The summed E-state index contributed by atoms with van der Waals surface area (Å²) in [6.45, 7) is 4.97. The smallest absolute Gasteiger partial charge is 0.120 e. The maximum Gasteiger partial charge on any atom is 0.120 e. The third-order valence-electron chi connectivity index (χ3n) is 4.27. The maximum absolute atomic E-state index is 6.21. The Kier molecular flexibility index (Phi) is 5.72. The topological polar surface area (TPSA) is 30.5 Å². The van der Waals surface area contributed by atoms with E-state index in [1.54, 1.807) is 0 Å². The highest BCUT2D eigenvalue weighted by molar-refractivity contribution is 5.31. The Morgan fingerprint density at radius 2 is 1.80 bits per heavy atom. The number of rotatable bonds is 6. The van der Waals surface area contributed by atoms with E-state index in [2.05, 4.69) is 12.2 Å². The van der Waals surface area contributed by atoms with E-state index >= 15 is 0 Å². The lowest BCUT2D eigenvalue weighted by Crippen LogP contribution is -2.45. The zero-order valence-corrected chi connectivity index (χ0v) is 12.9. The zero-order chi connectivity index (χ0) is 14.4. The van der Waals surface area contributed by atoms with Crippen LogP contribution in [0.25, 0.3) is 0 Å². The molecule has 0 saturated heterocycles. The van der Waals surface area contributed by atoms with Crippen LogP contribution in [0, 0.1) is 5.92 Å². The molecule has 1 aliphatic rings. The van der Waals surface area contributed by atoms with Gasteiger partial charge >= 0.3 is 0 Å². The van der Waals surface area contributed by atoms with Crippen LogP contribution in [0.2, 0.25) is 0 Å². The van der Waals surface area contributed by atoms with Crippen molar-refractivity contribution in [2.24, 2.45) is 5.92 Å². The van der Waals surface area contributed by atoms with Gasteiger partial charge in [0.25, 0.3) is 0 Å². The van der Waals surface area contributed by atoms with Crippen molar-refractivity contribution in [1.82, 2.24) is 5.32 Å². The molecule has 1 fully saturated rings. The lowest BCUT2D eigenvalue weighted by atomic mass is 9.82. The first-order valence-electron chi connectivity index (χ1n) is 7.83. The lowest BCUT2D eigenvalue weighted by molar-refractivity contribution is 0.0882. The van der Waals surface area contributed by atoms with Crippen LogP contribution in [0.15, 0.2) is 24.3 Å². The van der Waals surface area contributed by atoms with Crippen LogP contribution in [0.4, 0.5) is 0 Å². The highest BCUT2D eigenvalue weighted by Gasteiger charge is 2.30. The summed E-state index contributed by atoms with van der Waals surface area (Å²) in [7, 11) is 2.03. The van der Waals surface area contributed by atoms with Crippen LogP contribution in [-0.2, 0) is 0 Å². The second-order valence-corrected chi connectivity index (χ2v) is 5.54. The van der Waals surface area contributed by atoms with Crippen LogP contribution < -0.4 is 14.8 Å². The number of likely N-dealkylation sites (N-methyl/N-ethyl adjacent to an activating group) is 1. The van der Waals surface area contributed by atoms with Gasteiger partial charge in [0, 0.05) is 6.04 Å². The van der Waals surface area contributed by atoms with Crippen molar-refractivity contribution in [1.29, 1.82) is 0 Å². The summed E-state index contributed by atoms with van der Waals surface area (Å²) in [4.78, 5) is 0. The third kappa shape index (κ3) is 3.89. The van der Waals surface area contributed by atoms with Crippen molar-refractivity contribution >= 4 is 0 Å². The van der Waals surface area contributed by atoms with Crippen LogP contribution >= 0.6 is 0 Å². The second kappa shape index (κ2) is 7.53. The summed E-state index contributed by atoms with van der Waals surface area (Å²) in [5, 5.41) is 3.40. The van der Waals surface area contributed by atoms with Gasteiger partial charge in [-0.05, 0) is 63.4 Å². The van der Waals surface area contributed by atoms with Gasteiger partial charge in [-0.25, -0.2) is 0 Å². The van der Waals surface area contributed by atoms with Gasteiger partial charge in [-0.15, -0.1) is 0 Å². The van der Waals surface area contributed by atoms with E-state index in [1.807, 2.05) is 38.2 Å². The number of hydrogen-bond donors (Lipinski definition) is 1. The van der Waals surface area contributed by atoms with Gasteiger partial charge in [0.1, 0.15) is 17.6 Å². The molecule has 0 spiro atoms. The van der Waals surface area contributed by atoms with E-state index in [-0.39, 0.29) is 6.10 Å². The van der Waals surface area contributed by atoms with Crippen molar-refractivity contribution < 1.29 is 9.47 Å². The molecular weight excluding hydrogens is 250 g/mol. The van der Waals surface area contributed by atoms with Crippen LogP contribution in [-0.4, -0.2) is 25.8 Å². The number of hydrogen-bond acceptors (Lipinski definition) is 3. The molecule has 1 N–H and O–H groups in total. The van der Waals surface area contributed by atoms with E-state index in [4.69, 9.17) is 9.47 Å². The van der Waals surface area contributed by atoms with Crippen molar-refractivity contribution in [2.45, 2.75) is 51.7 Å². The van der Waals surface area contributed by atoms with Crippen molar-refractivity contribution in [3.63, 3.8) is 0 Å². The molecule has 3 unspecified atom stereocenters. The Labute approximate surface area is 122 Å². The molecule has 1 saturated carbocycles. The lowest BCUT2D eigenvalue weighted by Gasteiger charge is -2.35. The fourth-order valence-electron chi connectivity index (χ4n) is 3.00. The second-order valence-electron chi connectivity index (χ2n) is 5.54. The molecule has 3 nitrogen and oxygen atoms in total. The molecule has 0 heterocycles. The van der Waals surface area contributed by atoms with Crippen LogP contribution in [0.5, 0.6) is 11.5 Å². The normalized spacial score (nSPS) is 26.2. The predicted molar refractivity (Wildman–Crippen MR) is 82.5 cm³/mol. The molecule has 0 aromatic heterocycles. The Hall–Kier alpha value is -1.22. The van der Waals surface area contributed by atoms with E-state index in [9.17, 15) is 0 Å². The molecule has 0 bridgehead atoms. The Morgan fingerprint density at radius 1 is 1.10 bits per heavy atom. The van der Waals surface area contributed by atoms with E-state index in [0.29, 0.717) is 12.6 Å². The SMILES string of the molecule is CCOc1ccc(OC2CC(CC)CCC2NC)cc1. The summed E-state index contributed by atoms with van der Waals surface area (Å²) in [5.41, 5.74) is 0. The molecule has 0 radical (unpaired) electrons. The molecule has 20 heavy (non-hydrogen) atoms. The molecule has 1 aliphatic carbocycles. The molecule has 3 heteroatoms. The standard InChI is InChI=1S/C17H27NO2/c1-4-13-6-11-16(18-3)17(12-13)20-15-9-7-14(8-10-15)19-5-2/h7-10,13,16-18H,4-6,11-12H2,1-3H3. The maximum atomic E-state index is 6.21. The average Bonchev–Trinajstić information content (AvgIpc) is 2.49. The highest BCUT2D eigenvalue weighted by Crippen LogP contribution is 2.30. The van der Waals surface area contributed by atoms with Crippen LogP contribution in [0.1, 0.15) is 39.5 Å². The summed E-state index contributed by atoms with van der Waals surface area (Å²) in [6, 6.07) is 8.44. The van der Waals surface area contributed by atoms with Gasteiger partial charge in [0.15, 0.2) is 0 Å². The molecular formula is C17H27NO2. The van der Waals surface area contributed by atoms with Crippen molar-refractivity contribution in [3.8, 4) is 11.5 Å². The first-order chi connectivity index (χ1) is 9.76. The van der Waals surface area contributed by atoms with Gasteiger partial charge in [-0.2, -0.15) is 0 Å². The van der Waals surface area contributed by atoms with E-state index < -0.39 is 0 Å². The fraction of sp³-hybridized carbons (Fsp3) is 0.647. The van der Waals surface area contributed by atoms with Crippen molar-refractivity contribution in [2.75, 3.05) is 13.7 Å². The number of benzene rings is 1. The third-order valence-corrected chi connectivity index (χ3v) is 4.27. The van der Waals surface area contributed by atoms with Crippen molar-refractivity contribution in [3.05, 3.63) is 24.3 Å². The minimum absolute atomic E-state index is 0.275. The largest absolute Gasteiger partial charge is 0.494 e. The average molecular weight is 277 g/mol. The highest BCUT2D eigenvalue weighted by atomic mass is 16.5. The Morgan fingerprint density at radius 3 is 2.40 bits per heavy atom. The predicted octanol–water partition coefficient (Wildman–Crippen LogP) is 3.63. The first kappa shape index (κ1) is 15.2. The first-order valence-corrected chi connectivity index (χ1v) is 7.83. The van der Waals surface area contributed by atoms with Gasteiger partial charge in [0.2, 0.25) is 0 Å².